The fourth-order valence-corrected chi connectivity index (χ4v) is 4.37. The molecule has 164 valence electrons. The topological polar surface area (TPSA) is 108 Å². The highest BCUT2D eigenvalue weighted by Gasteiger charge is 2.40. The first kappa shape index (κ1) is 20.9. The van der Waals surface area contributed by atoms with E-state index in [4.69, 9.17) is 0 Å². The van der Waals surface area contributed by atoms with Crippen molar-refractivity contribution in [2.45, 2.75) is 52.2 Å². The predicted octanol–water partition coefficient (Wildman–Crippen LogP) is 2.02. The third-order valence-corrected chi connectivity index (χ3v) is 6.11. The van der Waals surface area contributed by atoms with Gasteiger partial charge in [-0.2, -0.15) is 5.10 Å². The lowest BCUT2D eigenvalue weighted by Gasteiger charge is -2.39. The van der Waals surface area contributed by atoms with Gasteiger partial charge in [0.2, 0.25) is 11.8 Å². The van der Waals surface area contributed by atoms with Crippen molar-refractivity contribution in [3.63, 3.8) is 0 Å². The molecule has 1 atom stereocenters. The molecule has 2 aliphatic heterocycles. The number of amides is 3. The third-order valence-electron chi connectivity index (χ3n) is 6.11. The van der Waals surface area contributed by atoms with Gasteiger partial charge in [-0.15, -0.1) is 0 Å². The predicted molar refractivity (Wildman–Crippen MR) is 117 cm³/mol. The first-order valence-electron chi connectivity index (χ1n) is 10.6. The van der Waals surface area contributed by atoms with Crippen LogP contribution in [-0.2, 0) is 16.1 Å². The monoisotopic (exact) mass is 424 g/mol. The smallest absolute Gasteiger partial charge is 0.255 e. The highest BCUT2D eigenvalue weighted by atomic mass is 16.2. The van der Waals surface area contributed by atoms with E-state index < -0.39 is 5.66 Å². The molecule has 9 nitrogen and oxygen atoms in total. The Balaban J connectivity index is 1.44. The Hall–Kier alpha value is -3.36. The summed E-state index contributed by atoms with van der Waals surface area (Å²) < 4.78 is 1.83. The van der Waals surface area contributed by atoms with Gasteiger partial charge in [0.1, 0.15) is 5.66 Å². The Kier molecular flexibility index (Phi) is 5.43. The molecule has 31 heavy (non-hydrogen) atoms. The molecule has 3 amide bonds. The van der Waals surface area contributed by atoms with Crippen LogP contribution in [0.4, 0.5) is 11.4 Å². The number of aromatic nitrogens is 2. The summed E-state index contributed by atoms with van der Waals surface area (Å²) in [6.07, 6.45) is 1.22. The molecule has 0 bridgehead atoms. The van der Waals surface area contributed by atoms with E-state index in [1.54, 1.807) is 11.0 Å². The van der Waals surface area contributed by atoms with Crippen LogP contribution < -0.4 is 16.0 Å². The van der Waals surface area contributed by atoms with Crippen molar-refractivity contribution >= 4 is 29.1 Å². The van der Waals surface area contributed by atoms with Gasteiger partial charge < -0.3 is 20.9 Å². The molecule has 3 heterocycles. The van der Waals surface area contributed by atoms with Gasteiger partial charge in [0.25, 0.3) is 5.91 Å². The zero-order valence-electron chi connectivity index (χ0n) is 18.1. The molecule has 1 unspecified atom stereocenters. The van der Waals surface area contributed by atoms with E-state index in [2.05, 4.69) is 21.0 Å². The summed E-state index contributed by atoms with van der Waals surface area (Å²) in [5, 5.41) is 13.8. The minimum absolute atomic E-state index is 0.0321. The maximum atomic E-state index is 12.7. The van der Waals surface area contributed by atoms with Crippen molar-refractivity contribution in [2.24, 2.45) is 0 Å². The minimum atomic E-state index is -0.693. The number of hydrogen-bond acceptors (Lipinski definition) is 5. The zero-order valence-corrected chi connectivity index (χ0v) is 18.1. The van der Waals surface area contributed by atoms with E-state index >= 15 is 0 Å². The number of carbonyl (C=O) groups is 3. The van der Waals surface area contributed by atoms with Crippen LogP contribution in [0.15, 0.2) is 24.3 Å². The first-order valence-corrected chi connectivity index (χ1v) is 10.6. The van der Waals surface area contributed by atoms with Gasteiger partial charge in [0.05, 0.1) is 29.2 Å². The van der Waals surface area contributed by atoms with Crippen LogP contribution in [0.25, 0.3) is 0 Å². The zero-order chi connectivity index (χ0) is 22.2. The normalized spacial score (nSPS) is 20.7. The summed E-state index contributed by atoms with van der Waals surface area (Å²) in [7, 11) is 0. The molecule has 0 aliphatic carbocycles. The van der Waals surface area contributed by atoms with E-state index in [0.29, 0.717) is 30.6 Å². The number of nitrogens with zero attached hydrogens (tertiary/aromatic N) is 3. The molecular weight excluding hydrogens is 396 g/mol. The molecule has 1 aromatic heterocycles. The number of nitrogens with one attached hydrogen (secondary N) is 3. The average molecular weight is 425 g/mol. The van der Waals surface area contributed by atoms with E-state index in [1.165, 1.54) is 0 Å². The van der Waals surface area contributed by atoms with Crippen molar-refractivity contribution in [3.8, 4) is 0 Å². The maximum Gasteiger partial charge on any atom is 0.255 e. The molecule has 1 aromatic carbocycles. The van der Waals surface area contributed by atoms with Gasteiger partial charge in [-0.1, -0.05) is 12.1 Å². The maximum absolute atomic E-state index is 12.7. The Morgan fingerprint density at radius 1 is 1.19 bits per heavy atom. The van der Waals surface area contributed by atoms with Crippen LogP contribution in [0.5, 0.6) is 0 Å². The quantitative estimate of drug-likeness (QED) is 0.696. The number of benzene rings is 1. The number of rotatable bonds is 4. The van der Waals surface area contributed by atoms with Crippen LogP contribution in [0, 0.1) is 13.8 Å². The summed E-state index contributed by atoms with van der Waals surface area (Å²) in [6, 6.07) is 7.34. The molecule has 2 aromatic rings. The van der Waals surface area contributed by atoms with Gasteiger partial charge in [-0.05, 0) is 39.3 Å². The van der Waals surface area contributed by atoms with Crippen molar-refractivity contribution in [3.05, 3.63) is 41.2 Å². The lowest BCUT2D eigenvalue weighted by molar-refractivity contribution is -0.134. The molecule has 4 rings (SSSR count). The van der Waals surface area contributed by atoms with Gasteiger partial charge in [0, 0.05) is 31.6 Å². The minimum Gasteiger partial charge on any atom is -0.362 e. The second kappa shape index (κ2) is 8.05. The van der Waals surface area contributed by atoms with Crippen molar-refractivity contribution in [2.75, 3.05) is 23.7 Å². The molecule has 1 saturated heterocycles. The Labute approximate surface area is 181 Å². The standard InChI is InChI=1S/C22H28N6O3/c1-4-28-15(3)20(14(2)26-28)23-18(29)13-27-12-11-22(10-9-19(27)30)24-17-8-6-5-7-16(17)21(31)25-22/h5-8,24H,4,9-13H2,1-3H3,(H,23,29)(H,25,31). The number of hydrogen-bond donors (Lipinski definition) is 3. The Bertz CT molecular complexity index is 1050. The second-order valence-electron chi connectivity index (χ2n) is 8.18. The fourth-order valence-electron chi connectivity index (χ4n) is 4.37. The molecule has 1 fully saturated rings. The van der Waals surface area contributed by atoms with Crippen molar-refractivity contribution in [1.29, 1.82) is 0 Å². The molecular formula is C22H28N6O3. The second-order valence-corrected chi connectivity index (χ2v) is 8.18. The van der Waals surface area contributed by atoms with E-state index in [9.17, 15) is 14.4 Å². The summed E-state index contributed by atoms with van der Waals surface area (Å²) in [4.78, 5) is 39.6. The number of likely N-dealkylation sites (tertiary alicyclic amines) is 1. The molecule has 1 spiro atoms. The largest absolute Gasteiger partial charge is 0.362 e. The van der Waals surface area contributed by atoms with Crippen molar-refractivity contribution in [1.82, 2.24) is 20.0 Å². The van der Waals surface area contributed by atoms with Crippen LogP contribution in [0.2, 0.25) is 0 Å². The lowest BCUT2D eigenvalue weighted by atomic mass is 9.95. The Morgan fingerprint density at radius 3 is 2.71 bits per heavy atom. The van der Waals surface area contributed by atoms with E-state index in [0.717, 1.165) is 23.6 Å². The fraction of sp³-hybridized carbons (Fsp3) is 0.455. The van der Waals surface area contributed by atoms with Crippen LogP contribution in [0.3, 0.4) is 0 Å². The number of fused-ring (bicyclic) bond motifs is 1. The van der Waals surface area contributed by atoms with Gasteiger partial charge >= 0.3 is 0 Å². The third kappa shape index (κ3) is 3.99. The van der Waals surface area contributed by atoms with Crippen molar-refractivity contribution < 1.29 is 14.4 Å². The van der Waals surface area contributed by atoms with Gasteiger partial charge in [-0.3, -0.25) is 19.1 Å². The van der Waals surface area contributed by atoms with Gasteiger partial charge in [0.15, 0.2) is 0 Å². The highest BCUT2D eigenvalue weighted by Crippen LogP contribution is 2.31. The number of aryl methyl sites for hydroxylation is 2. The highest BCUT2D eigenvalue weighted by molar-refractivity contribution is 6.02. The van der Waals surface area contributed by atoms with Crippen LogP contribution in [-0.4, -0.2) is 51.2 Å². The lowest BCUT2D eigenvalue weighted by Crippen LogP contribution is -2.58. The summed E-state index contributed by atoms with van der Waals surface area (Å²) in [6.45, 7) is 6.81. The SMILES string of the molecule is CCn1nc(C)c(NC(=O)CN2CCC3(CCC2=O)NC(=O)c2ccccc2N3)c1C. The Morgan fingerprint density at radius 2 is 1.97 bits per heavy atom. The summed E-state index contributed by atoms with van der Waals surface area (Å²) >= 11 is 0. The number of anilines is 2. The van der Waals surface area contributed by atoms with Crippen LogP contribution in [0.1, 0.15) is 47.9 Å². The average Bonchev–Trinajstić information content (AvgIpc) is 2.93. The molecule has 3 N–H and O–H groups in total. The number of carbonyl (C=O) groups excluding carboxylic acids is 3. The molecule has 9 heteroatoms. The van der Waals surface area contributed by atoms with Crippen LogP contribution >= 0.6 is 0 Å². The summed E-state index contributed by atoms with van der Waals surface area (Å²) in [5.41, 5.74) is 3.01. The molecule has 0 radical (unpaired) electrons. The van der Waals surface area contributed by atoms with Gasteiger partial charge in [-0.25, -0.2) is 0 Å². The molecule has 2 aliphatic rings. The first-order chi connectivity index (χ1) is 14.8. The molecule has 0 saturated carbocycles. The number of para-hydroxylation sites is 1. The van der Waals surface area contributed by atoms with E-state index in [1.807, 2.05) is 43.7 Å². The summed E-state index contributed by atoms with van der Waals surface area (Å²) in [5.74, 6) is -0.497. The van der Waals surface area contributed by atoms with E-state index in [-0.39, 0.29) is 30.7 Å².